The number of hydrogen-bond donors (Lipinski definition) is 2. The van der Waals surface area contributed by atoms with Gasteiger partial charge in [0, 0.05) is 23.8 Å². The highest BCUT2D eigenvalue weighted by atomic mass is 16.5. The molecule has 3 heteroatoms. The van der Waals surface area contributed by atoms with Crippen molar-refractivity contribution >= 4 is 5.69 Å². The number of fused-ring (bicyclic) bond motifs is 1. The second-order valence-electron chi connectivity index (χ2n) is 6.69. The van der Waals surface area contributed by atoms with Crippen LogP contribution in [0.2, 0.25) is 0 Å². The molecule has 0 radical (unpaired) electrons. The molecule has 2 unspecified atom stereocenters. The van der Waals surface area contributed by atoms with Crippen LogP contribution in [0.4, 0.5) is 5.69 Å². The molecular weight excluding hydrogens is 320 g/mol. The Balaban J connectivity index is 1.59. The molecular formula is C23H24N2O. The maximum Gasteiger partial charge on any atom is 0.123 e. The lowest BCUT2D eigenvalue weighted by molar-refractivity contribution is 0.398. The van der Waals surface area contributed by atoms with E-state index in [0.29, 0.717) is 6.04 Å². The van der Waals surface area contributed by atoms with Crippen molar-refractivity contribution in [3.63, 3.8) is 0 Å². The van der Waals surface area contributed by atoms with Crippen molar-refractivity contribution in [3.05, 3.63) is 95.6 Å². The Labute approximate surface area is 155 Å². The minimum Gasteiger partial charge on any atom is -0.496 e. The van der Waals surface area contributed by atoms with E-state index in [1.54, 1.807) is 7.11 Å². The average molecular weight is 344 g/mol. The molecule has 0 bridgehead atoms. The van der Waals surface area contributed by atoms with Crippen LogP contribution in [0.5, 0.6) is 5.75 Å². The molecule has 3 aromatic carbocycles. The molecule has 1 heterocycles. The lowest BCUT2D eigenvalue weighted by Gasteiger charge is -2.36. The Morgan fingerprint density at radius 2 is 1.65 bits per heavy atom. The van der Waals surface area contributed by atoms with Crippen LogP contribution in [0.25, 0.3) is 0 Å². The van der Waals surface area contributed by atoms with Crippen molar-refractivity contribution in [2.45, 2.75) is 25.0 Å². The van der Waals surface area contributed by atoms with Gasteiger partial charge < -0.3 is 15.4 Å². The van der Waals surface area contributed by atoms with Crippen molar-refractivity contribution in [1.82, 2.24) is 5.32 Å². The first-order valence-electron chi connectivity index (χ1n) is 9.10. The van der Waals surface area contributed by atoms with E-state index >= 15 is 0 Å². The molecule has 2 N–H and O–H groups in total. The number of methoxy groups -OCH3 is 1. The van der Waals surface area contributed by atoms with Gasteiger partial charge in [0.1, 0.15) is 5.75 Å². The molecule has 0 spiro atoms. The first-order valence-corrected chi connectivity index (χ1v) is 9.10. The molecule has 2 atom stereocenters. The van der Waals surface area contributed by atoms with Gasteiger partial charge in [0.15, 0.2) is 0 Å². The third-order valence-corrected chi connectivity index (χ3v) is 5.08. The molecule has 0 aromatic heterocycles. The molecule has 0 aliphatic carbocycles. The number of nitrogens with one attached hydrogen (secondary N) is 2. The van der Waals surface area contributed by atoms with Crippen LogP contribution in [0.3, 0.4) is 0 Å². The maximum atomic E-state index is 5.50. The highest BCUT2D eigenvalue weighted by Gasteiger charge is 2.28. The van der Waals surface area contributed by atoms with E-state index in [1.807, 2.05) is 12.1 Å². The van der Waals surface area contributed by atoms with E-state index in [0.717, 1.165) is 18.7 Å². The Morgan fingerprint density at radius 1 is 0.923 bits per heavy atom. The van der Waals surface area contributed by atoms with Gasteiger partial charge in [-0.1, -0.05) is 66.7 Å². The first kappa shape index (κ1) is 16.7. The fraction of sp³-hybridized carbons (Fsp3) is 0.217. The average Bonchev–Trinajstić information content (AvgIpc) is 2.72. The Bertz CT molecular complexity index is 863. The third-order valence-electron chi connectivity index (χ3n) is 5.08. The number of rotatable bonds is 5. The Kier molecular flexibility index (Phi) is 4.89. The molecule has 132 valence electrons. The second-order valence-corrected chi connectivity index (χ2v) is 6.69. The predicted molar refractivity (Wildman–Crippen MR) is 107 cm³/mol. The molecule has 3 nitrogen and oxygen atoms in total. The van der Waals surface area contributed by atoms with Crippen LogP contribution in [-0.2, 0) is 13.0 Å². The van der Waals surface area contributed by atoms with Crippen molar-refractivity contribution in [3.8, 4) is 5.75 Å². The highest BCUT2D eigenvalue weighted by molar-refractivity contribution is 5.56. The fourth-order valence-electron chi connectivity index (χ4n) is 3.72. The standard InChI is InChI=1S/C23H24N2O/c1-26-22-14-8-6-12-19(22)16-24-21-15-18-11-5-7-13-20(18)25-23(21)17-9-3-2-4-10-17/h2-14,21,23-25H,15-16H2,1H3. The zero-order chi connectivity index (χ0) is 17.8. The molecule has 3 aromatic rings. The van der Waals surface area contributed by atoms with Crippen LogP contribution in [0.1, 0.15) is 22.7 Å². The van der Waals surface area contributed by atoms with Crippen LogP contribution < -0.4 is 15.4 Å². The van der Waals surface area contributed by atoms with Gasteiger partial charge in [-0.05, 0) is 29.7 Å². The van der Waals surface area contributed by atoms with Gasteiger partial charge in [-0.3, -0.25) is 0 Å². The minimum absolute atomic E-state index is 0.237. The summed E-state index contributed by atoms with van der Waals surface area (Å²) in [5, 5.41) is 7.49. The third kappa shape index (κ3) is 3.44. The summed E-state index contributed by atoms with van der Waals surface area (Å²) < 4.78 is 5.50. The van der Waals surface area contributed by atoms with E-state index in [9.17, 15) is 0 Å². The lowest BCUT2D eigenvalue weighted by atomic mass is 9.88. The first-order chi connectivity index (χ1) is 12.8. The SMILES string of the molecule is COc1ccccc1CNC1Cc2ccccc2NC1c1ccccc1. The quantitative estimate of drug-likeness (QED) is 0.712. The van der Waals surface area contributed by atoms with E-state index in [2.05, 4.69) is 77.4 Å². The smallest absolute Gasteiger partial charge is 0.123 e. The van der Waals surface area contributed by atoms with Gasteiger partial charge in [0.05, 0.1) is 13.2 Å². The number of hydrogen-bond acceptors (Lipinski definition) is 3. The number of benzene rings is 3. The zero-order valence-corrected chi connectivity index (χ0v) is 15.0. The summed E-state index contributed by atoms with van der Waals surface area (Å²) in [5.41, 5.74) is 5.08. The van der Waals surface area contributed by atoms with Crippen molar-refractivity contribution in [1.29, 1.82) is 0 Å². The topological polar surface area (TPSA) is 33.3 Å². The molecule has 1 aliphatic rings. The van der Waals surface area contributed by atoms with Crippen LogP contribution in [0.15, 0.2) is 78.9 Å². The number of para-hydroxylation sites is 2. The van der Waals surface area contributed by atoms with Crippen LogP contribution in [-0.4, -0.2) is 13.2 Å². The summed E-state index contributed by atoms with van der Waals surface area (Å²) in [4.78, 5) is 0. The molecule has 1 aliphatic heterocycles. The summed E-state index contributed by atoms with van der Waals surface area (Å²) in [5.74, 6) is 0.931. The molecule has 4 rings (SSSR count). The molecule has 0 saturated carbocycles. The number of ether oxygens (including phenoxy) is 1. The Morgan fingerprint density at radius 3 is 2.50 bits per heavy atom. The van der Waals surface area contributed by atoms with Crippen LogP contribution in [0, 0.1) is 0 Å². The van der Waals surface area contributed by atoms with Gasteiger partial charge >= 0.3 is 0 Å². The minimum atomic E-state index is 0.237. The molecule has 0 saturated heterocycles. The summed E-state index contributed by atoms with van der Waals surface area (Å²) in [7, 11) is 1.73. The maximum absolute atomic E-state index is 5.50. The van der Waals surface area contributed by atoms with Crippen molar-refractivity contribution < 1.29 is 4.74 Å². The second kappa shape index (κ2) is 7.63. The van der Waals surface area contributed by atoms with E-state index in [-0.39, 0.29) is 6.04 Å². The highest BCUT2D eigenvalue weighted by Crippen LogP contribution is 2.33. The van der Waals surface area contributed by atoms with E-state index < -0.39 is 0 Å². The van der Waals surface area contributed by atoms with Gasteiger partial charge in [0.25, 0.3) is 0 Å². The predicted octanol–water partition coefficient (Wildman–Crippen LogP) is 4.56. The lowest BCUT2D eigenvalue weighted by Crippen LogP contribution is -2.42. The monoisotopic (exact) mass is 344 g/mol. The summed E-state index contributed by atoms with van der Waals surface area (Å²) in [6.07, 6.45) is 0.998. The van der Waals surface area contributed by atoms with Gasteiger partial charge in [-0.2, -0.15) is 0 Å². The number of anilines is 1. The normalized spacial score (nSPS) is 18.7. The van der Waals surface area contributed by atoms with Gasteiger partial charge in [-0.25, -0.2) is 0 Å². The molecule has 0 fully saturated rings. The molecule has 0 amide bonds. The molecule has 26 heavy (non-hydrogen) atoms. The summed E-state index contributed by atoms with van der Waals surface area (Å²) in [6.45, 7) is 0.780. The largest absolute Gasteiger partial charge is 0.496 e. The van der Waals surface area contributed by atoms with Gasteiger partial charge in [-0.15, -0.1) is 0 Å². The van der Waals surface area contributed by atoms with Crippen molar-refractivity contribution in [2.24, 2.45) is 0 Å². The van der Waals surface area contributed by atoms with Gasteiger partial charge in [0.2, 0.25) is 0 Å². The summed E-state index contributed by atoms with van der Waals surface area (Å²) >= 11 is 0. The summed E-state index contributed by atoms with van der Waals surface area (Å²) in [6, 6.07) is 28.0. The zero-order valence-electron chi connectivity index (χ0n) is 15.0. The fourth-order valence-corrected chi connectivity index (χ4v) is 3.72. The van der Waals surface area contributed by atoms with Crippen molar-refractivity contribution in [2.75, 3.05) is 12.4 Å². The van der Waals surface area contributed by atoms with E-state index in [1.165, 1.54) is 22.4 Å². The Hall–Kier alpha value is -2.78. The van der Waals surface area contributed by atoms with Crippen LogP contribution >= 0.6 is 0 Å². The van der Waals surface area contributed by atoms with E-state index in [4.69, 9.17) is 4.74 Å².